The van der Waals surface area contributed by atoms with E-state index in [2.05, 4.69) is 5.10 Å². The van der Waals surface area contributed by atoms with Gasteiger partial charge in [-0.1, -0.05) is 0 Å². The summed E-state index contributed by atoms with van der Waals surface area (Å²) in [7, 11) is 1.83. The molecule has 0 aliphatic heterocycles. The van der Waals surface area contributed by atoms with Gasteiger partial charge in [0.2, 0.25) is 0 Å². The number of aryl methyl sites for hydroxylation is 1. The number of aromatic nitrogens is 2. The van der Waals surface area contributed by atoms with Crippen LogP contribution in [0.25, 0.3) is 0 Å². The van der Waals surface area contributed by atoms with Gasteiger partial charge >= 0.3 is 5.97 Å². The zero-order valence-electron chi connectivity index (χ0n) is 6.77. The average molecular weight is 166 g/mol. The summed E-state index contributed by atoms with van der Waals surface area (Å²) in [6.45, 7) is 0. The number of hydrogen-bond donors (Lipinski definition) is 1. The number of nitrogens with zero attached hydrogens (tertiary/aromatic N) is 2. The summed E-state index contributed by atoms with van der Waals surface area (Å²) < 4.78 is 1.70. The Morgan fingerprint density at radius 2 is 2.58 bits per heavy atom. The van der Waals surface area contributed by atoms with E-state index in [0.29, 0.717) is 0 Å². The predicted molar refractivity (Wildman–Crippen MR) is 41.7 cm³/mol. The van der Waals surface area contributed by atoms with Crippen molar-refractivity contribution >= 4 is 5.97 Å². The summed E-state index contributed by atoms with van der Waals surface area (Å²) in [6.07, 6.45) is 2.58. The van der Waals surface area contributed by atoms with Crippen molar-refractivity contribution in [1.82, 2.24) is 9.78 Å². The van der Waals surface area contributed by atoms with Gasteiger partial charge in [-0.15, -0.1) is 0 Å². The quantitative estimate of drug-likeness (QED) is 0.700. The minimum Gasteiger partial charge on any atom is -0.481 e. The lowest BCUT2D eigenvalue weighted by Crippen LogP contribution is -1.99. The smallest absolute Gasteiger partial charge is 0.307 e. The summed E-state index contributed by atoms with van der Waals surface area (Å²) in [5.41, 5.74) is 0.907. The van der Waals surface area contributed by atoms with Gasteiger partial charge in [-0.3, -0.25) is 9.48 Å². The monoisotopic (exact) mass is 166 g/mol. The summed E-state index contributed by atoms with van der Waals surface area (Å²) in [5.74, 6) is -0.741. The van der Waals surface area contributed by atoms with Gasteiger partial charge in [-0.25, -0.2) is 0 Å². The summed E-state index contributed by atoms with van der Waals surface area (Å²) in [6, 6.07) is 1.88. The predicted octanol–water partition coefficient (Wildman–Crippen LogP) is 0.608. The Morgan fingerprint density at radius 3 is 3.00 bits per heavy atom. The van der Waals surface area contributed by atoms with Crippen molar-refractivity contribution in [2.75, 3.05) is 0 Å². The third-order valence-electron chi connectivity index (χ3n) is 2.22. The molecule has 2 atom stereocenters. The van der Waals surface area contributed by atoms with Crippen LogP contribution in [0.15, 0.2) is 12.3 Å². The van der Waals surface area contributed by atoms with Gasteiger partial charge in [0, 0.05) is 19.2 Å². The number of aliphatic carboxylic acids is 1. The molecule has 0 saturated heterocycles. The number of carboxylic acid groups (broad SMARTS) is 1. The van der Waals surface area contributed by atoms with E-state index in [9.17, 15) is 4.79 Å². The maximum atomic E-state index is 10.5. The molecule has 1 fully saturated rings. The van der Waals surface area contributed by atoms with Crippen LogP contribution in [-0.2, 0) is 11.8 Å². The van der Waals surface area contributed by atoms with Crippen LogP contribution in [0, 0.1) is 5.92 Å². The molecule has 0 spiro atoms. The topological polar surface area (TPSA) is 55.1 Å². The first-order valence-electron chi connectivity index (χ1n) is 3.91. The van der Waals surface area contributed by atoms with Gasteiger partial charge in [0.05, 0.1) is 11.6 Å². The molecule has 1 N–H and O–H groups in total. The maximum Gasteiger partial charge on any atom is 0.307 e. The minimum atomic E-state index is -0.703. The molecule has 1 aromatic heterocycles. The third kappa shape index (κ3) is 1.09. The van der Waals surface area contributed by atoms with Gasteiger partial charge in [0.25, 0.3) is 0 Å². The minimum absolute atomic E-state index is 0.156. The van der Waals surface area contributed by atoms with Crippen molar-refractivity contribution in [3.05, 3.63) is 18.0 Å². The highest BCUT2D eigenvalue weighted by atomic mass is 16.4. The van der Waals surface area contributed by atoms with E-state index < -0.39 is 5.97 Å². The van der Waals surface area contributed by atoms with Crippen LogP contribution in [0.4, 0.5) is 0 Å². The Kier molecular flexibility index (Phi) is 1.43. The zero-order valence-corrected chi connectivity index (χ0v) is 6.77. The zero-order chi connectivity index (χ0) is 8.72. The summed E-state index contributed by atoms with van der Waals surface area (Å²) in [5, 5.41) is 12.8. The highest BCUT2D eigenvalue weighted by Crippen LogP contribution is 2.46. The Labute approximate surface area is 69.8 Å². The highest BCUT2D eigenvalue weighted by Gasteiger charge is 2.45. The molecule has 1 aliphatic carbocycles. The normalized spacial score (nSPS) is 27.1. The van der Waals surface area contributed by atoms with Crippen LogP contribution in [-0.4, -0.2) is 20.9 Å². The first-order chi connectivity index (χ1) is 5.68. The molecule has 1 aromatic rings. The van der Waals surface area contributed by atoms with Crippen molar-refractivity contribution in [2.24, 2.45) is 13.0 Å². The Bertz CT molecular complexity index is 319. The Balaban J connectivity index is 2.10. The van der Waals surface area contributed by atoms with E-state index in [1.807, 2.05) is 19.3 Å². The molecule has 0 bridgehead atoms. The highest BCUT2D eigenvalue weighted by molar-refractivity contribution is 5.74. The summed E-state index contributed by atoms with van der Waals surface area (Å²) in [4.78, 5) is 10.5. The standard InChI is InChI=1S/C8H10N2O2/c1-10-3-2-7(9-10)5-4-6(5)8(11)12/h2-3,5-6H,4H2,1H3,(H,11,12). The van der Waals surface area contributed by atoms with Gasteiger partial charge in [-0.2, -0.15) is 5.10 Å². The molecule has 4 nitrogen and oxygen atoms in total. The molecule has 12 heavy (non-hydrogen) atoms. The lowest BCUT2D eigenvalue weighted by molar-refractivity contribution is -0.138. The molecule has 0 aromatic carbocycles. The van der Waals surface area contributed by atoms with Gasteiger partial charge in [0.1, 0.15) is 0 Å². The average Bonchev–Trinajstić information content (AvgIpc) is 2.70. The van der Waals surface area contributed by atoms with Crippen molar-refractivity contribution in [3.63, 3.8) is 0 Å². The Hall–Kier alpha value is -1.32. The fraction of sp³-hybridized carbons (Fsp3) is 0.500. The van der Waals surface area contributed by atoms with E-state index in [1.54, 1.807) is 4.68 Å². The molecular formula is C8H10N2O2. The molecule has 2 rings (SSSR count). The van der Waals surface area contributed by atoms with Crippen LogP contribution in [0.5, 0.6) is 0 Å². The van der Waals surface area contributed by atoms with Gasteiger partial charge in [0.15, 0.2) is 0 Å². The molecule has 1 aliphatic rings. The summed E-state index contributed by atoms with van der Waals surface area (Å²) >= 11 is 0. The molecule has 64 valence electrons. The molecule has 0 amide bonds. The fourth-order valence-electron chi connectivity index (χ4n) is 1.43. The second-order valence-corrected chi connectivity index (χ2v) is 3.20. The van der Waals surface area contributed by atoms with Crippen LogP contribution in [0.1, 0.15) is 18.0 Å². The van der Waals surface area contributed by atoms with Crippen LogP contribution in [0.3, 0.4) is 0 Å². The van der Waals surface area contributed by atoms with Crippen molar-refractivity contribution < 1.29 is 9.90 Å². The SMILES string of the molecule is Cn1ccc(C2CC2C(=O)O)n1. The molecule has 2 unspecified atom stereocenters. The third-order valence-corrected chi connectivity index (χ3v) is 2.22. The van der Waals surface area contributed by atoms with E-state index in [0.717, 1.165) is 12.1 Å². The number of hydrogen-bond acceptors (Lipinski definition) is 2. The second-order valence-electron chi connectivity index (χ2n) is 3.20. The van der Waals surface area contributed by atoms with Gasteiger partial charge in [-0.05, 0) is 12.5 Å². The molecule has 0 radical (unpaired) electrons. The van der Waals surface area contributed by atoms with Crippen LogP contribution in [0.2, 0.25) is 0 Å². The van der Waals surface area contributed by atoms with Crippen molar-refractivity contribution in [1.29, 1.82) is 0 Å². The van der Waals surface area contributed by atoms with Crippen molar-refractivity contribution in [2.45, 2.75) is 12.3 Å². The van der Waals surface area contributed by atoms with Crippen molar-refractivity contribution in [3.8, 4) is 0 Å². The first-order valence-corrected chi connectivity index (χ1v) is 3.91. The molecule has 1 saturated carbocycles. The second kappa shape index (κ2) is 2.33. The largest absolute Gasteiger partial charge is 0.481 e. The van der Waals surface area contributed by atoms with Gasteiger partial charge < -0.3 is 5.11 Å². The van der Waals surface area contributed by atoms with E-state index in [4.69, 9.17) is 5.11 Å². The molecular weight excluding hydrogens is 156 g/mol. The molecule has 4 heteroatoms. The molecule has 1 heterocycles. The number of rotatable bonds is 2. The van der Waals surface area contributed by atoms with E-state index in [1.165, 1.54) is 0 Å². The first kappa shape index (κ1) is 7.34. The number of carbonyl (C=O) groups is 1. The van der Waals surface area contributed by atoms with E-state index in [-0.39, 0.29) is 11.8 Å². The number of carboxylic acids is 1. The Morgan fingerprint density at radius 1 is 1.83 bits per heavy atom. The lowest BCUT2D eigenvalue weighted by atomic mass is 10.2. The van der Waals surface area contributed by atoms with Crippen LogP contribution >= 0.6 is 0 Å². The fourth-order valence-corrected chi connectivity index (χ4v) is 1.43. The van der Waals surface area contributed by atoms with Crippen LogP contribution < -0.4 is 0 Å². The maximum absolute atomic E-state index is 10.5. The van der Waals surface area contributed by atoms with E-state index >= 15 is 0 Å². The lowest BCUT2D eigenvalue weighted by Gasteiger charge is -1.89.